The molecule has 0 aliphatic carbocycles. The third kappa shape index (κ3) is 4.22. The zero-order valence-electron chi connectivity index (χ0n) is 15.0. The molecule has 5 heteroatoms. The minimum Gasteiger partial charge on any atom is -0.369 e. The molecule has 1 N–H and O–H groups in total. The highest BCUT2D eigenvalue weighted by Gasteiger charge is 2.23. The van der Waals surface area contributed by atoms with Crippen LogP contribution < -0.4 is 4.90 Å². The van der Waals surface area contributed by atoms with E-state index in [0.29, 0.717) is 5.92 Å². The van der Waals surface area contributed by atoms with Crippen LogP contribution >= 0.6 is 0 Å². The molecule has 1 aromatic carbocycles. The van der Waals surface area contributed by atoms with Crippen molar-refractivity contribution in [1.82, 2.24) is 20.0 Å². The summed E-state index contributed by atoms with van der Waals surface area (Å²) in [7, 11) is 0. The minimum atomic E-state index is 0.631. The Bertz CT molecular complexity index is 619. The average Bonchev–Trinajstić information content (AvgIpc) is 3.23. The zero-order chi connectivity index (χ0) is 16.9. The first-order valence-corrected chi connectivity index (χ1v) is 9.62. The van der Waals surface area contributed by atoms with Gasteiger partial charge in [-0.1, -0.05) is 18.2 Å². The standard InChI is InChI=1S/C20H29N5/c1-2-6-19(7-3-1)25-15-13-23(14-16-25)11-12-24-10-4-5-18(17-24)20-8-9-21-22-20/h1-3,6-9,18H,4-5,10-17H2,(H,21,22)/t18-/m1/s1. The SMILES string of the molecule is c1ccc(N2CCN(CCN3CCC[C@@H](c4ccn[nH]4)C3)CC2)cc1. The van der Waals surface area contributed by atoms with E-state index in [-0.39, 0.29) is 0 Å². The van der Waals surface area contributed by atoms with Crippen LogP contribution in [0.4, 0.5) is 5.69 Å². The van der Waals surface area contributed by atoms with Gasteiger partial charge in [-0.2, -0.15) is 5.10 Å². The van der Waals surface area contributed by atoms with Gasteiger partial charge in [0.2, 0.25) is 0 Å². The maximum atomic E-state index is 4.12. The van der Waals surface area contributed by atoms with E-state index in [1.54, 1.807) is 0 Å². The number of aromatic nitrogens is 2. The molecule has 0 amide bonds. The lowest BCUT2D eigenvalue weighted by molar-refractivity contribution is 0.165. The molecule has 0 saturated carbocycles. The number of likely N-dealkylation sites (tertiary alicyclic amines) is 1. The number of rotatable bonds is 5. The molecule has 0 unspecified atom stereocenters. The molecule has 2 aromatic rings. The van der Waals surface area contributed by atoms with E-state index in [0.717, 1.165) is 13.1 Å². The quantitative estimate of drug-likeness (QED) is 0.908. The summed E-state index contributed by atoms with van der Waals surface area (Å²) in [5, 5.41) is 7.28. The Morgan fingerprint density at radius 2 is 1.72 bits per heavy atom. The topological polar surface area (TPSA) is 38.4 Å². The molecular formula is C20H29N5. The van der Waals surface area contributed by atoms with Crippen molar-refractivity contribution in [3.63, 3.8) is 0 Å². The van der Waals surface area contributed by atoms with Crippen LogP contribution in [0.5, 0.6) is 0 Å². The number of piperidine rings is 1. The highest BCUT2D eigenvalue weighted by Crippen LogP contribution is 2.25. The molecule has 0 radical (unpaired) electrons. The van der Waals surface area contributed by atoms with Gasteiger partial charge in [-0.25, -0.2) is 0 Å². The molecule has 1 aromatic heterocycles. The van der Waals surface area contributed by atoms with Crippen molar-refractivity contribution in [3.8, 4) is 0 Å². The number of nitrogens with one attached hydrogen (secondary N) is 1. The minimum absolute atomic E-state index is 0.631. The molecule has 0 spiro atoms. The molecule has 2 aliphatic rings. The van der Waals surface area contributed by atoms with Crippen LogP contribution in [-0.4, -0.2) is 72.4 Å². The maximum Gasteiger partial charge on any atom is 0.0490 e. The van der Waals surface area contributed by atoms with Gasteiger partial charge in [0.1, 0.15) is 0 Å². The van der Waals surface area contributed by atoms with Crippen molar-refractivity contribution in [2.45, 2.75) is 18.8 Å². The first kappa shape index (κ1) is 16.6. The Hall–Kier alpha value is -1.85. The Labute approximate surface area is 150 Å². The van der Waals surface area contributed by atoms with Crippen LogP contribution in [-0.2, 0) is 0 Å². The second kappa shape index (κ2) is 8.02. The van der Waals surface area contributed by atoms with E-state index in [4.69, 9.17) is 0 Å². The van der Waals surface area contributed by atoms with Gasteiger partial charge < -0.3 is 9.80 Å². The largest absolute Gasteiger partial charge is 0.369 e. The van der Waals surface area contributed by atoms with Crippen molar-refractivity contribution in [1.29, 1.82) is 0 Å². The number of para-hydroxylation sites is 1. The van der Waals surface area contributed by atoms with Crippen molar-refractivity contribution in [2.24, 2.45) is 0 Å². The summed E-state index contributed by atoms with van der Waals surface area (Å²) in [4.78, 5) is 7.77. The smallest absolute Gasteiger partial charge is 0.0490 e. The summed E-state index contributed by atoms with van der Waals surface area (Å²) >= 11 is 0. The van der Waals surface area contributed by atoms with Crippen LogP contribution in [0.3, 0.4) is 0 Å². The van der Waals surface area contributed by atoms with E-state index >= 15 is 0 Å². The van der Waals surface area contributed by atoms with E-state index in [2.05, 4.69) is 61.3 Å². The predicted molar refractivity (Wildman–Crippen MR) is 102 cm³/mol. The van der Waals surface area contributed by atoms with Gasteiger partial charge >= 0.3 is 0 Å². The van der Waals surface area contributed by atoms with Crippen LogP contribution in [0.25, 0.3) is 0 Å². The fourth-order valence-corrected chi connectivity index (χ4v) is 4.16. The number of benzene rings is 1. The normalized spacial score (nSPS) is 23.0. The highest BCUT2D eigenvalue weighted by molar-refractivity contribution is 5.46. The van der Waals surface area contributed by atoms with E-state index in [9.17, 15) is 0 Å². The monoisotopic (exact) mass is 339 g/mol. The summed E-state index contributed by atoms with van der Waals surface area (Å²) in [6.45, 7) is 9.43. The summed E-state index contributed by atoms with van der Waals surface area (Å²) in [6.07, 6.45) is 4.46. The third-order valence-corrected chi connectivity index (χ3v) is 5.69. The van der Waals surface area contributed by atoms with Crippen molar-refractivity contribution in [2.75, 3.05) is 57.3 Å². The lowest BCUT2D eigenvalue weighted by Gasteiger charge is -2.38. The van der Waals surface area contributed by atoms with Gasteiger partial charge in [-0.15, -0.1) is 0 Å². The zero-order valence-corrected chi connectivity index (χ0v) is 15.0. The summed E-state index contributed by atoms with van der Waals surface area (Å²) in [5.41, 5.74) is 2.67. The molecule has 0 bridgehead atoms. The van der Waals surface area contributed by atoms with E-state index < -0.39 is 0 Å². The van der Waals surface area contributed by atoms with Crippen molar-refractivity contribution in [3.05, 3.63) is 48.3 Å². The molecule has 2 saturated heterocycles. The van der Waals surface area contributed by atoms with Gasteiger partial charge in [-0.05, 0) is 37.6 Å². The molecule has 134 valence electrons. The van der Waals surface area contributed by atoms with Crippen LogP contribution in [0.15, 0.2) is 42.6 Å². The Morgan fingerprint density at radius 3 is 2.48 bits per heavy atom. The Balaban J connectivity index is 1.22. The molecule has 2 fully saturated rings. The average molecular weight is 339 g/mol. The Kier molecular flexibility index (Phi) is 5.33. The first-order valence-electron chi connectivity index (χ1n) is 9.62. The summed E-state index contributed by atoms with van der Waals surface area (Å²) in [5.74, 6) is 0.631. The van der Waals surface area contributed by atoms with Crippen molar-refractivity contribution < 1.29 is 0 Å². The molecule has 25 heavy (non-hydrogen) atoms. The van der Waals surface area contributed by atoms with E-state index in [1.165, 1.54) is 63.5 Å². The number of aromatic amines is 1. The molecule has 5 nitrogen and oxygen atoms in total. The van der Waals surface area contributed by atoms with Crippen LogP contribution in [0.2, 0.25) is 0 Å². The molecule has 3 heterocycles. The van der Waals surface area contributed by atoms with Gasteiger partial charge in [0, 0.05) is 69.3 Å². The lowest BCUT2D eigenvalue weighted by Crippen LogP contribution is -2.49. The van der Waals surface area contributed by atoms with Gasteiger partial charge in [0.05, 0.1) is 0 Å². The van der Waals surface area contributed by atoms with E-state index in [1.807, 2.05) is 6.20 Å². The number of piperazine rings is 1. The number of nitrogens with zero attached hydrogens (tertiary/aromatic N) is 4. The second-order valence-corrected chi connectivity index (χ2v) is 7.32. The van der Waals surface area contributed by atoms with Crippen LogP contribution in [0, 0.1) is 0 Å². The summed E-state index contributed by atoms with van der Waals surface area (Å²) < 4.78 is 0. The number of hydrogen-bond donors (Lipinski definition) is 1. The van der Waals surface area contributed by atoms with Crippen molar-refractivity contribution >= 4 is 5.69 Å². The molecule has 4 rings (SSSR count). The fourth-order valence-electron chi connectivity index (χ4n) is 4.16. The highest BCUT2D eigenvalue weighted by atomic mass is 15.3. The first-order chi connectivity index (χ1) is 12.4. The molecular weight excluding hydrogens is 310 g/mol. The molecule has 1 atom stereocenters. The lowest BCUT2D eigenvalue weighted by atomic mass is 9.95. The predicted octanol–water partition coefficient (Wildman–Crippen LogP) is 2.41. The molecule has 2 aliphatic heterocycles. The number of anilines is 1. The Morgan fingerprint density at radius 1 is 0.920 bits per heavy atom. The number of H-pyrrole nitrogens is 1. The fraction of sp³-hybridized carbons (Fsp3) is 0.550. The summed E-state index contributed by atoms with van der Waals surface area (Å²) in [6, 6.07) is 12.9. The second-order valence-electron chi connectivity index (χ2n) is 7.32. The third-order valence-electron chi connectivity index (χ3n) is 5.69. The van der Waals surface area contributed by atoms with Gasteiger partial charge in [0.25, 0.3) is 0 Å². The van der Waals surface area contributed by atoms with Crippen LogP contribution in [0.1, 0.15) is 24.5 Å². The van der Waals surface area contributed by atoms with Gasteiger partial charge in [0.15, 0.2) is 0 Å². The maximum absolute atomic E-state index is 4.12. The van der Waals surface area contributed by atoms with Gasteiger partial charge in [-0.3, -0.25) is 10.00 Å². The number of hydrogen-bond acceptors (Lipinski definition) is 4.